The van der Waals surface area contributed by atoms with E-state index in [2.05, 4.69) is 4.31 Å². The molecule has 0 aliphatic heterocycles. The Labute approximate surface area is 52.7 Å². The Balaban J connectivity index is 0. The van der Waals surface area contributed by atoms with Crippen LogP contribution in [-0.4, -0.2) is 0 Å². The van der Waals surface area contributed by atoms with Crippen molar-refractivity contribution in [2.24, 2.45) is 0 Å². The van der Waals surface area contributed by atoms with Crippen molar-refractivity contribution in [3.63, 3.8) is 0 Å². The maximum absolute atomic E-state index is 9.31. The molecule has 1 atom stereocenters. The van der Waals surface area contributed by atoms with Gasteiger partial charge in [0.1, 0.15) is 7.82 Å². The van der Waals surface area contributed by atoms with Crippen molar-refractivity contribution in [2.75, 3.05) is 0 Å². The summed E-state index contributed by atoms with van der Waals surface area (Å²) in [6.07, 6.45) is 0. The van der Waals surface area contributed by atoms with Gasteiger partial charge in [0.25, 0.3) is 0 Å². The summed E-state index contributed by atoms with van der Waals surface area (Å²) in [5, 5.41) is 0. The zero-order valence-corrected chi connectivity index (χ0v) is 5.13. The van der Waals surface area contributed by atoms with Crippen LogP contribution in [-0.2, 0) is 13.4 Å². The molecule has 0 heterocycles. The van der Waals surface area contributed by atoms with Gasteiger partial charge in [0, 0.05) is 0 Å². The lowest BCUT2D eigenvalue weighted by Gasteiger charge is -2.20. The second kappa shape index (κ2) is 4.06. The monoisotopic (exact) mass is 174 g/mol. The number of hydrogen-bond acceptors (Lipinski definition) is 6. The highest BCUT2D eigenvalue weighted by atomic mass is 31.2. The Morgan fingerprint density at radius 1 is 1.44 bits per heavy atom. The van der Waals surface area contributed by atoms with E-state index in [9.17, 15) is 23.8 Å². The molecule has 1 unspecified atom stereocenters. The number of hydrogen-bond donors (Lipinski definition) is 0. The standard InChI is InChI=1S/CH4.H2O6P2/c;1-7(2)6-8(3,4)5/h1H4;(H2,3,4,5)/p-2. The molecule has 6 nitrogen and oxygen atoms in total. The van der Waals surface area contributed by atoms with Gasteiger partial charge in [-0.25, -0.2) is 0 Å². The highest BCUT2D eigenvalue weighted by Crippen LogP contribution is 2.35. The smallest absolute Gasteiger partial charge is 0.492 e. The average molecular weight is 174 g/mol. The topological polar surface area (TPSA) is 113 Å². The van der Waals surface area contributed by atoms with Gasteiger partial charge in [0.05, 0.1) is 0 Å². The van der Waals surface area contributed by atoms with Gasteiger partial charge in [-0.1, -0.05) is 7.43 Å². The van der Waals surface area contributed by atoms with Crippen LogP contribution in [0.1, 0.15) is 7.43 Å². The largest absolute Gasteiger partial charge is 0.786 e. The van der Waals surface area contributed by atoms with Crippen LogP contribution in [0.5, 0.6) is 0 Å². The van der Waals surface area contributed by atoms with E-state index in [1.807, 2.05) is 0 Å². The predicted octanol–water partition coefficient (Wildman–Crippen LogP) is -1.51. The average Bonchev–Trinajstić information content (AvgIpc) is 1.21. The first-order chi connectivity index (χ1) is 3.42. The van der Waals surface area contributed by atoms with Gasteiger partial charge < -0.3 is 19.2 Å². The van der Waals surface area contributed by atoms with Gasteiger partial charge in [-0.3, -0.25) is 0 Å². The van der Waals surface area contributed by atoms with E-state index in [1.54, 1.807) is 0 Å². The summed E-state index contributed by atoms with van der Waals surface area (Å²) in [5.41, 5.74) is 0. The molecule has 0 saturated carbocycles. The summed E-state index contributed by atoms with van der Waals surface area (Å²) in [7, 11) is -8.89. The lowest BCUT2D eigenvalue weighted by molar-refractivity contribution is -0.336. The third-order valence-corrected chi connectivity index (χ3v) is 1.50. The minimum Gasteiger partial charge on any atom is -0.786 e. The molecule has 0 spiro atoms. The summed E-state index contributed by atoms with van der Waals surface area (Å²) in [4.78, 5) is 27.9. The maximum atomic E-state index is 9.31. The number of phosphoric acid groups is 1. The van der Waals surface area contributed by atoms with Crippen LogP contribution in [0.25, 0.3) is 0 Å². The van der Waals surface area contributed by atoms with Gasteiger partial charge in [-0.05, 0) is 4.57 Å². The molecule has 0 saturated heterocycles. The van der Waals surface area contributed by atoms with Crippen molar-refractivity contribution in [3.8, 4) is 0 Å². The van der Waals surface area contributed by atoms with Crippen molar-refractivity contribution in [1.29, 1.82) is 0 Å². The van der Waals surface area contributed by atoms with Crippen molar-refractivity contribution in [1.82, 2.24) is 0 Å². The number of rotatable bonds is 2. The van der Waals surface area contributed by atoms with Crippen molar-refractivity contribution >= 4 is 16.1 Å². The van der Waals surface area contributed by atoms with Gasteiger partial charge in [0.15, 0.2) is 0 Å². The molecule has 0 fully saturated rings. The van der Waals surface area contributed by atoms with Gasteiger partial charge in [-0.15, -0.1) is 4.31 Å². The second-order valence-electron chi connectivity index (χ2n) is 0.752. The van der Waals surface area contributed by atoms with Crippen LogP contribution in [0.2, 0.25) is 0 Å². The third kappa shape index (κ3) is 11.6. The van der Waals surface area contributed by atoms with Crippen LogP contribution in [0.3, 0.4) is 0 Å². The molecule has 0 bridgehead atoms. The Hall–Kier alpha value is 0.170. The van der Waals surface area contributed by atoms with Gasteiger partial charge in [-0.2, -0.15) is 0 Å². The first-order valence-corrected chi connectivity index (χ1v) is 3.83. The first-order valence-electron chi connectivity index (χ1n) is 1.28. The van der Waals surface area contributed by atoms with Gasteiger partial charge in [0.2, 0.25) is 0 Å². The molecule has 0 aromatic carbocycles. The fraction of sp³-hybridized carbons (Fsp3) is 1.00. The normalized spacial score (nSPS) is 12.1. The van der Waals surface area contributed by atoms with Crippen molar-refractivity contribution < 1.29 is 28.1 Å². The van der Waals surface area contributed by atoms with Crippen LogP contribution < -0.4 is 14.7 Å². The highest BCUT2D eigenvalue weighted by molar-refractivity contribution is 7.52. The lowest BCUT2D eigenvalue weighted by atomic mass is 12.0. The minimum atomic E-state index is -5.32. The molecule has 0 N–H and O–H groups in total. The molecule has 56 valence electrons. The molecule has 9 heavy (non-hydrogen) atoms. The molecule has 0 aromatic rings. The molecule has 0 radical (unpaired) electrons. The van der Waals surface area contributed by atoms with E-state index < -0.39 is 16.1 Å². The molecular weight excluding hydrogens is 170 g/mol. The quantitative estimate of drug-likeness (QED) is 0.470. The van der Waals surface area contributed by atoms with Crippen molar-refractivity contribution in [2.45, 2.75) is 7.43 Å². The highest BCUT2D eigenvalue weighted by Gasteiger charge is 2.02. The van der Waals surface area contributed by atoms with E-state index in [1.165, 1.54) is 0 Å². The van der Waals surface area contributed by atoms with E-state index in [4.69, 9.17) is 0 Å². The van der Waals surface area contributed by atoms with E-state index in [0.29, 0.717) is 0 Å². The minimum absolute atomic E-state index is 0. The van der Waals surface area contributed by atoms with E-state index in [-0.39, 0.29) is 7.43 Å². The summed E-state index contributed by atoms with van der Waals surface area (Å²) in [6, 6.07) is 0. The molecule has 0 rings (SSSR count). The molecule has 0 aliphatic rings. The third-order valence-electron chi connectivity index (χ3n) is 0.167. The summed E-state index contributed by atoms with van der Waals surface area (Å²) >= 11 is 0. The second-order valence-corrected chi connectivity index (χ2v) is 2.75. The molecule has 0 amide bonds. The lowest BCUT2D eigenvalue weighted by Crippen LogP contribution is -2.14. The van der Waals surface area contributed by atoms with Gasteiger partial charge >= 0.3 is 8.25 Å². The Kier molecular flexibility index (Phi) is 5.37. The predicted molar refractivity (Wildman–Crippen MR) is 23.0 cm³/mol. The van der Waals surface area contributed by atoms with E-state index >= 15 is 0 Å². The van der Waals surface area contributed by atoms with Crippen LogP contribution >= 0.6 is 16.1 Å². The molecule has 8 heteroatoms. The van der Waals surface area contributed by atoms with Crippen LogP contribution in [0, 0.1) is 0 Å². The van der Waals surface area contributed by atoms with Crippen LogP contribution in [0.4, 0.5) is 0 Å². The van der Waals surface area contributed by atoms with Crippen molar-refractivity contribution in [3.05, 3.63) is 0 Å². The van der Waals surface area contributed by atoms with Crippen LogP contribution in [0.15, 0.2) is 0 Å². The Morgan fingerprint density at radius 3 is 1.78 bits per heavy atom. The Bertz CT molecular complexity index is 134. The first kappa shape index (κ1) is 11.9. The summed E-state index contributed by atoms with van der Waals surface area (Å²) in [5.74, 6) is 0. The molecule has 0 aromatic heterocycles. The zero-order valence-electron chi connectivity index (χ0n) is 3.34. The molecular formula is CH4O6P2-2. The maximum Gasteiger partial charge on any atom is 0.492 e. The fourth-order valence-corrected chi connectivity index (χ4v) is 0.735. The summed E-state index contributed by atoms with van der Waals surface area (Å²) < 4.78 is 21.4. The SMILES string of the molecule is C.O=[P+]([O-])OP(=O)([O-])[O-]. The fourth-order valence-electron chi connectivity index (χ4n) is 0.0816. The van der Waals surface area contributed by atoms with E-state index in [0.717, 1.165) is 0 Å². The molecule has 0 aliphatic carbocycles. The summed E-state index contributed by atoms with van der Waals surface area (Å²) in [6.45, 7) is 0. The Morgan fingerprint density at radius 2 is 1.78 bits per heavy atom. The zero-order chi connectivity index (χ0) is 6.78.